The van der Waals surface area contributed by atoms with Gasteiger partial charge in [-0.1, -0.05) is 21.3 Å². The summed E-state index contributed by atoms with van der Waals surface area (Å²) in [5, 5.41) is 0. The molecule has 0 bridgehead atoms. The molecule has 0 saturated carbocycles. The van der Waals surface area contributed by atoms with E-state index in [0.717, 1.165) is 13.3 Å². The molecule has 0 aromatic carbocycles. The number of carbonyl (C=O) groups excluding carboxylic acids is 2. The topological polar surface area (TPSA) is 146 Å². The summed E-state index contributed by atoms with van der Waals surface area (Å²) >= 11 is 0. The maximum absolute atomic E-state index is 11.1. The summed E-state index contributed by atoms with van der Waals surface area (Å²) in [6.45, 7) is 10.0. The van der Waals surface area contributed by atoms with Crippen LogP contribution in [0.1, 0.15) is 42.0 Å². The molecule has 0 rings (SSSR count). The second kappa shape index (κ2) is 13.4. The second-order valence-electron chi connectivity index (χ2n) is 6.69. The van der Waals surface area contributed by atoms with Crippen molar-refractivity contribution in [1.29, 1.82) is 0 Å². The van der Waals surface area contributed by atoms with E-state index in [2.05, 4.69) is 13.8 Å². The van der Waals surface area contributed by atoms with Crippen LogP contribution in [0.5, 0.6) is 0 Å². The van der Waals surface area contributed by atoms with Crippen LogP contribution in [-0.4, -0.2) is 55.1 Å². The Morgan fingerprint density at radius 3 is 1.70 bits per heavy atom. The van der Waals surface area contributed by atoms with Gasteiger partial charge in [-0.05, 0) is 20.8 Å². The average Bonchev–Trinajstić information content (AvgIpc) is 2.40. The molecule has 12 heteroatoms. The molecule has 0 aliphatic rings. The summed E-state index contributed by atoms with van der Waals surface area (Å²) in [6.07, 6.45) is 0. The van der Waals surface area contributed by atoms with Crippen molar-refractivity contribution < 1.29 is 47.0 Å². The maximum Gasteiger partial charge on any atom is 0.327 e. The van der Waals surface area contributed by atoms with E-state index in [4.69, 9.17) is 14.5 Å². The molecular weight excluding hydrogens is 402 g/mol. The zero-order valence-electron chi connectivity index (χ0n) is 16.3. The molecule has 27 heavy (non-hydrogen) atoms. The van der Waals surface area contributed by atoms with Gasteiger partial charge in [-0.3, -0.25) is 23.2 Å². The minimum atomic E-state index is -3.55. The lowest BCUT2D eigenvalue weighted by atomic mass is 9.98. The number of rotatable bonds is 8. The number of hydrogen-bond donors (Lipinski definition) is 2. The molecule has 0 aromatic heterocycles. The SMILES string of the molecule is C.CC(C)(C)C(=O)OCOP(C)(=O)O.CC(C)C(=O)OCCOP(C)(=O)O. The van der Waals surface area contributed by atoms with Gasteiger partial charge in [-0.25, -0.2) is 0 Å². The Hall–Kier alpha value is -0.760. The van der Waals surface area contributed by atoms with Crippen molar-refractivity contribution in [2.45, 2.75) is 42.0 Å². The third-order valence-corrected chi connectivity index (χ3v) is 3.47. The van der Waals surface area contributed by atoms with Gasteiger partial charge >= 0.3 is 27.1 Å². The third kappa shape index (κ3) is 23.2. The Bertz CT molecular complexity index is 527. The van der Waals surface area contributed by atoms with E-state index in [1.807, 2.05) is 0 Å². The molecule has 0 fully saturated rings. The van der Waals surface area contributed by atoms with Crippen LogP contribution in [0.2, 0.25) is 0 Å². The summed E-state index contributed by atoms with van der Waals surface area (Å²) in [5.41, 5.74) is -0.628. The Labute approximate surface area is 161 Å². The molecule has 0 aliphatic carbocycles. The molecule has 0 radical (unpaired) electrons. The minimum Gasteiger partial charge on any atom is -0.463 e. The lowest BCUT2D eigenvalue weighted by Crippen LogP contribution is -2.23. The Morgan fingerprint density at radius 1 is 0.926 bits per heavy atom. The standard InChI is InChI=1S/2C7H15O5P.CH4/c1-7(2,3)6(8)11-5-12-13(4,9)10;1-6(2)7(8)11-4-5-12-13(3,9)10;/h5H2,1-4H3,(H,9,10);6H,4-5H2,1-3H3,(H,9,10);1H4. The van der Waals surface area contributed by atoms with Crippen LogP contribution in [-0.2, 0) is 37.2 Å². The van der Waals surface area contributed by atoms with Crippen LogP contribution >= 0.6 is 15.2 Å². The minimum absolute atomic E-state index is 0. The van der Waals surface area contributed by atoms with E-state index >= 15 is 0 Å². The smallest absolute Gasteiger partial charge is 0.327 e. The van der Waals surface area contributed by atoms with Crippen molar-refractivity contribution in [3.8, 4) is 0 Å². The van der Waals surface area contributed by atoms with Crippen molar-refractivity contribution in [3.05, 3.63) is 0 Å². The van der Waals surface area contributed by atoms with Gasteiger partial charge in [-0.15, -0.1) is 0 Å². The second-order valence-corrected chi connectivity index (χ2v) is 10.4. The summed E-state index contributed by atoms with van der Waals surface area (Å²) < 4.78 is 39.3. The molecule has 0 amide bonds. The first kappa shape index (κ1) is 31.0. The van der Waals surface area contributed by atoms with E-state index in [-0.39, 0.29) is 32.5 Å². The van der Waals surface area contributed by atoms with Gasteiger partial charge in [0.25, 0.3) is 0 Å². The molecule has 0 heterocycles. The highest BCUT2D eigenvalue weighted by Gasteiger charge is 2.23. The maximum atomic E-state index is 11.1. The molecule has 10 nitrogen and oxygen atoms in total. The molecule has 164 valence electrons. The molecule has 2 atom stereocenters. The monoisotopic (exact) mass is 436 g/mol. The predicted molar refractivity (Wildman–Crippen MR) is 101 cm³/mol. The first-order chi connectivity index (χ1) is 11.5. The fourth-order valence-electron chi connectivity index (χ4n) is 0.910. The fourth-order valence-corrected chi connectivity index (χ4v) is 1.57. The molecule has 2 unspecified atom stereocenters. The van der Waals surface area contributed by atoms with Crippen LogP contribution in [0.4, 0.5) is 0 Å². The average molecular weight is 436 g/mol. The Morgan fingerprint density at radius 2 is 1.37 bits per heavy atom. The van der Waals surface area contributed by atoms with E-state index < -0.39 is 33.4 Å². The summed E-state index contributed by atoms with van der Waals surface area (Å²) in [5.74, 6) is -1.00. The van der Waals surface area contributed by atoms with Crippen molar-refractivity contribution in [1.82, 2.24) is 0 Å². The van der Waals surface area contributed by atoms with Crippen molar-refractivity contribution >= 4 is 27.1 Å². The Balaban J connectivity index is -0.000000411. The number of ether oxygens (including phenoxy) is 2. The molecule has 0 aromatic rings. The normalized spacial score (nSPS) is 15.3. The molecule has 0 spiro atoms. The van der Waals surface area contributed by atoms with Crippen LogP contribution in [0.25, 0.3) is 0 Å². The van der Waals surface area contributed by atoms with E-state index in [0.29, 0.717) is 0 Å². The van der Waals surface area contributed by atoms with E-state index in [1.54, 1.807) is 34.6 Å². The summed E-state index contributed by atoms with van der Waals surface area (Å²) in [7, 11) is -6.99. The van der Waals surface area contributed by atoms with Crippen LogP contribution < -0.4 is 0 Å². The third-order valence-electron chi connectivity index (χ3n) is 2.22. The van der Waals surface area contributed by atoms with Crippen LogP contribution in [0.15, 0.2) is 0 Å². The highest BCUT2D eigenvalue weighted by molar-refractivity contribution is 7.52. The predicted octanol–water partition coefficient (Wildman–Crippen LogP) is 3.02. The van der Waals surface area contributed by atoms with Gasteiger partial charge in [0, 0.05) is 13.3 Å². The summed E-state index contributed by atoms with van der Waals surface area (Å²) in [6, 6.07) is 0. The van der Waals surface area contributed by atoms with Crippen molar-refractivity contribution in [2.75, 3.05) is 33.3 Å². The number of hydrogen-bond acceptors (Lipinski definition) is 8. The van der Waals surface area contributed by atoms with Gasteiger partial charge in [0.2, 0.25) is 6.79 Å². The molecule has 2 N–H and O–H groups in total. The number of carbonyl (C=O) groups is 2. The van der Waals surface area contributed by atoms with Gasteiger partial charge < -0.3 is 23.8 Å². The highest BCUT2D eigenvalue weighted by Crippen LogP contribution is 2.36. The lowest BCUT2D eigenvalue weighted by Gasteiger charge is -2.16. The fraction of sp³-hybridized carbons (Fsp3) is 0.867. The Kier molecular flexibility index (Phi) is 15.4. The van der Waals surface area contributed by atoms with Crippen molar-refractivity contribution in [2.24, 2.45) is 11.3 Å². The molecule has 0 aliphatic heterocycles. The van der Waals surface area contributed by atoms with Crippen LogP contribution in [0, 0.1) is 11.3 Å². The lowest BCUT2D eigenvalue weighted by molar-refractivity contribution is -0.159. The number of esters is 2. The van der Waals surface area contributed by atoms with Gasteiger partial charge in [0.1, 0.15) is 6.61 Å². The first-order valence-electron chi connectivity index (χ1n) is 7.69. The van der Waals surface area contributed by atoms with Crippen LogP contribution in [0.3, 0.4) is 0 Å². The van der Waals surface area contributed by atoms with E-state index in [1.165, 1.54) is 0 Å². The molecule has 0 saturated heterocycles. The van der Waals surface area contributed by atoms with Crippen molar-refractivity contribution in [3.63, 3.8) is 0 Å². The van der Waals surface area contributed by atoms with Gasteiger partial charge in [-0.2, -0.15) is 0 Å². The molecular formula is C15H34O10P2. The zero-order chi connectivity index (χ0) is 21.2. The first-order valence-corrected chi connectivity index (χ1v) is 11.7. The highest BCUT2D eigenvalue weighted by atomic mass is 31.2. The zero-order valence-corrected chi connectivity index (χ0v) is 18.0. The van der Waals surface area contributed by atoms with Gasteiger partial charge in [0.15, 0.2) is 0 Å². The van der Waals surface area contributed by atoms with Gasteiger partial charge in [0.05, 0.1) is 17.9 Å². The quantitative estimate of drug-likeness (QED) is 0.252. The summed E-state index contributed by atoms with van der Waals surface area (Å²) in [4.78, 5) is 39.3. The largest absolute Gasteiger partial charge is 0.463 e. The van der Waals surface area contributed by atoms with E-state index in [9.17, 15) is 18.7 Å².